The lowest BCUT2D eigenvalue weighted by Crippen LogP contribution is -2.24. The van der Waals surface area contributed by atoms with Gasteiger partial charge in [0.2, 0.25) is 5.91 Å². The summed E-state index contributed by atoms with van der Waals surface area (Å²) in [7, 11) is 0. The van der Waals surface area contributed by atoms with E-state index in [9.17, 15) is 4.79 Å². The molecule has 1 amide bonds. The van der Waals surface area contributed by atoms with E-state index in [0.29, 0.717) is 5.92 Å². The molecule has 1 atom stereocenters. The van der Waals surface area contributed by atoms with Crippen LogP contribution in [0.2, 0.25) is 0 Å². The van der Waals surface area contributed by atoms with Gasteiger partial charge in [0, 0.05) is 6.08 Å². The molecule has 0 saturated heterocycles. The maximum Gasteiger partial charge on any atom is 0.244 e. The Labute approximate surface area is 139 Å². The predicted octanol–water partition coefficient (Wildman–Crippen LogP) is 4.78. The molecule has 1 N–H and O–H groups in total. The predicted molar refractivity (Wildman–Crippen MR) is 97.0 cm³/mol. The van der Waals surface area contributed by atoms with Crippen LogP contribution in [0.3, 0.4) is 0 Å². The number of benzene rings is 2. The topological polar surface area (TPSA) is 29.1 Å². The maximum atomic E-state index is 12.0. The Bertz CT molecular complexity index is 641. The van der Waals surface area contributed by atoms with Gasteiger partial charge in [-0.2, -0.15) is 0 Å². The van der Waals surface area contributed by atoms with E-state index in [1.807, 2.05) is 43.3 Å². The van der Waals surface area contributed by atoms with Gasteiger partial charge in [0.1, 0.15) is 0 Å². The van der Waals surface area contributed by atoms with Crippen LogP contribution in [0.5, 0.6) is 0 Å². The number of carbonyl (C=O) groups excluding carboxylic acids is 1. The van der Waals surface area contributed by atoms with Crippen LogP contribution in [-0.2, 0) is 11.2 Å². The smallest absolute Gasteiger partial charge is 0.244 e. The highest BCUT2D eigenvalue weighted by atomic mass is 16.1. The van der Waals surface area contributed by atoms with Gasteiger partial charge in [-0.3, -0.25) is 4.79 Å². The number of rotatable bonds is 6. The van der Waals surface area contributed by atoms with Crippen molar-refractivity contribution in [3.05, 3.63) is 77.4 Å². The van der Waals surface area contributed by atoms with Crippen molar-refractivity contribution in [2.75, 3.05) is 0 Å². The largest absolute Gasteiger partial charge is 0.346 e. The number of hydrogen-bond donors (Lipinski definition) is 1. The molecule has 0 aromatic heterocycles. The van der Waals surface area contributed by atoms with Crippen molar-refractivity contribution < 1.29 is 4.79 Å². The average molecular weight is 307 g/mol. The van der Waals surface area contributed by atoms with Gasteiger partial charge in [-0.15, -0.1) is 0 Å². The molecule has 2 nitrogen and oxygen atoms in total. The van der Waals surface area contributed by atoms with E-state index >= 15 is 0 Å². The van der Waals surface area contributed by atoms with Gasteiger partial charge in [-0.1, -0.05) is 68.4 Å². The average Bonchev–Trinajstić information content (AvgIpc) is 2.54. The van der Waals surface area contributed by atoms with Crippen molar-refractivity contribution in [1.82, 2.24) is 5.32 Å². The lowest BCUT2D eigenvalue weighted by atomic mass is 10.0. The van der Waals surface area contributed by atoms with Crippen LogP contribution in [0.15, 0.2) is 60.7 Å². The standard InChI is InChI=1S/C21H25NO/c1-16(2)15-19-11-9-18(10-12-19)13-14-21(23)22-17(3)20-7-5-4-6-8-20/h4-14,16-17H,15H2,1-3H3,(H,22,23)/b14-13+/t17-/m1/s1. The molecule has 0 aliphatic rings. The van der Waals surface area contributed by atoms with Crippen LogP contribution in [0.4, 0.5) is 0 Å². The second-order valence-electron chi connectivity index (χ2n) is 6.31. The lowest BCUT2D eigenvalue weighted by Gasteiger charge is -2.12. The maximum absolute atomic E-state index is 12.0. The lowest BCUT2D eigenvalue weighted by molar-refractivity contribution is -0.117. The summed E-state index contributed by atoms with van der Waals surface area (Å²) in [5.41, 5.74) is 3.48. The molecule has 0 fully saturated rings. The summed E-state index contributed by atoms with van der Waals surface area (Å²) in [5, 5.41) is 2.98. The van der Waals surface area contributed by atoms with Gasteiger partial charge < -0.3 is 5.32 Å². The van der Waals surface area contributed by atoms with E-state index in [-0.39, 0.29) is 11.9 Å². The van der Waals surface area contributed by atoms with Crippen LogP contribution in [0.1, 0.15) is 43.5 Å². The molecule has 0 heterocycles. The SMILES string of the molecule is CC(C)Cc1ccc(/C=C/C(=O)N[C@H](C)c2ccccc2)cc1. The molecule has 0 radical (unpaired) electrons. The first-order valence-electron chi connectivity index (χ1n) is 8.17. The van der Waals surface area contributed by atoms with Crippen molar-refractivity contribution in [2.24, 2.45) is 5.92 Å². The Kier molecular flexibility index (Phi) is 6.16. The molecule has 2 heteroatoms. The summed E-state index contributed by atoms with van der Waals surface area (Å²) in [5.74, 6) is 0.578. The molecule has 0 aliphatic carbocycles. The molecular formula is C21H25NO. The first-order chi connectivity index (χ1) is 11.0. The highest BCUT2D eigenvalue weighted by molar-refractivity contribution is 5.91. The molecule has 0 spiro atoms. The fraction of sp³-hybridized carbons (Fsp3) is 0.286. The van der Waals surface area contributed by atoms with Crippen molar-refractivity contribution in [1.29, 1.82) is 0 Å². The van der Waals surface area contributed by atoms with Gasteiger partial charge in [0.15, 0.2) is 0 Å². The molecule has 0 bridgehead atoms. The number of carbonyl (C=O) groups is 1. The summed E-state index contributed by atoms with van der Waals surface area (Å²) >= 11 is 0. The third-order valence-corrected chi connectivity index (χ3v) is 3.71. The third kappa shape index (κ3) is 5.74. The van der Waals surface area contributed by atoms with Gasteiger partial charge in [0.25, 0.3) is 0 Å². The van der Waals surface area contributed by atoms with E-state index in [1.54, 1.807) is 6.08 Å². The zero-order chi connectivity index (χ0) is 16.7. The molecule has 0 aliphatic heterocycles. The Morgan fingerprint density at radius 2 is 1.65 bits per heavy atom. The summed E-state index contributed by atoms with van der Waals surface area (Å²) in [4.78, 5) is 12.0. The van der Waals surface area contributed by atoms with Crippen LogP contribution in [-0.4, -0.2) is 5.91 Å². The third-order valence-electron chi connectivity index (χ3n) is 3.71. The second kappa shape index (κ2) is 8.33. The van der Waals surface area contributed by atoms with E-state index < -0.39 is 0 Å². The van der Waals surface area contributed by atoms with Crippen LogP contribution >= 0.6 is 0 Å². The normalized spacial score (nSPS) is 12.5. The van der Waals surface area contributed by atoms with Crippen LogP contribution in [0, 0.1) is 5.92 Å². The molecule has 23 heavy (non-hydrogen) atoms. The summed E-state index contributed by atoms with van der Waals surface area (Å²) in [6.07, 6.45) is 4.53. The Morgan fingerprint density at radius 3 is 2.26 bits per heavy atom. The van der Waals surface area contributed by atoms with Crippen molar-refractivity contribution in [2.45, 2.75) is 33.2 Å². The number of nitrogens with one attached hydrogen (secondary N) is 1. The summed E-state index contributed by atoms with van der Waals surface area (Å²) in [6, 6.07) is 18.3. The summed E-state index contributed by atoms with van der Waals surface area (Å²) < 4.78 is 0. The number of hydrogen-bond acceptors (Lipinski definition) is 1. The molecular weight excluding hydrogens is 282 g/mol. The van der Waals surface area contributed by atoms with E-state index in [2.05, 4.69) is 43.4 Å². The molecule has 2 rings (SSSR count). The van der Waals surface area contributed by atoms with Gasteiger partial charge in [0.05, 0.1) is 6.04 Å². The minimum absolute atomic E-state index is 0.00164. The fourth-order valence-electron chi connectivity index (χ4n) is 2.49. The second-order valence-corrected chi connectivity index (χ2v) is 6.31. The molecule has 0 unspecified atom stereocenters. The highest BCUT2D eigenvalue weighted by Crippen LogP contribution is 2.12. The monoisotopic (exact) mass is 307 g/mol. The molecule has 2 aromatic carbocycles. The van der Waals surface area contributed by atoms with Crippen molar-refractivity contribution >= 4 is 12.0 Å². The van der Waals surface area contributed by atoms with Crippen LogP contribution < -0.4 is 5.32 Å². The Hall–Kier alpha value is -2.35. The zero-order valence-corrected chi connectivity index (χ0v) is 14.1. The van der Waals surface area contributed by atoms with E-state index in [4.69, 9.17) is 0 Å². The van der Waals surface area contributed by atoms with Gasteiger partial charge in [-0.05, 0) is 42.0 Å². The Morgan fingerprint density at radius 1 is 1.00 bits per heavy atom. The minimum Gasteiger partial charge on any atom is -0.346 e. The van der Waals surface area contributed by atoms with Crippen LogP contribution in [0.25, 0.3) is 6.08 Å². The minimum atomic E-state index is -0.0763. The van der Waals surface area contributed by atoms with Crippen molar-refractivity contribution in [3.8, 4) is 0 Å². The molecule has 2 aromatic rings. The van der Waals surface area contributed by atoms with Crippen molar-refractivity contribution in [3.63, 3.8) is 0 Å². The Balaban J connectivity index is 1.90. The molecule has 120 valence electrons. The van der Waals surface area contributed by atoms with E-state index in [0.717, 1.165) is 17.5 Å². The zero-order valence-electron chi connectivity index (χ0n) is 14.1. The fourth-order valence-corrected chi connectivity index (χ4v) is 2.49. The quantitative estimate of drug-likeness (QED) is 0.765. The van der Waals surface area contributed by atoms with Gasteiger partial charge in [-0.25, -0.2) is 0 Å². The first kappa shape index (κ1) is 17.0. The summed E-state index contributed by atoms with van der Waals surface area (Å²) in [6.45, 7) is 6.42. The first-order valence-corrected chi connectivity index (χ1v) is 8.17. The van der Waals surface area contributed by atoms with E-state index in [1.165, 1.54) is 5.56 Å². The number of amides is 1. The highest BCUT2D eigenvalue weighted by Gasteiger charge is 2.06. The van der Waals surface area contributed by atoms with Gasteiger partial charge >= 0.3 is 0 Å². The molecule has 0 saturated carbocycles.